The van der Waals surface area contributed by atoms with E-state index in [0.717, 1.165) is 29.9 Å². The molecule has 0 spiro atoms. The van der Waals surface area contributed by atoms with E-state index in [1.54, 1.807) is 6.26 Å². The van der Waals surface area contributed by atoms with Crippen molar-refractivity contribution in [3.8, 4) is 0 Å². The van der Waals surface area contributed by atoms with E-state index in [1.807, 2.05) is 6.07 Å². The average Bonchev–Trinajstić information content (AvgIpc) is 2.74. The summed E-state index contributed by atoms with van der Waals surface area (Å²) < 4.78 is 12.1. The summed E-state index contributed by atoms with van der Waals surface area (Å²) in [6.07, 6.45) is 1.64. The minimum Gasteiger partial charge on any atom is -0.466 e. The number of hydrogen-bond acceptors (Lipinski definition) is 4. The maximum absolute atomic E-state index is 6.20. The molecule has 0 saturated carbocycles. The van der Waals surface area contributed by atoms with Crippen molar-refractivity contribution in [2.24, 2.45) is 5.73 Å². The molecule has 0 radical (unpaired) electrons. The first-order valence-electron chi connectivity index (χ1n) is 5.93. The van der Waals surface area contributed by atoms with Crippen LogP contribution in [-0.2, 0) is 4.74 Å². The van der Waals surface area contributed by atoms with Gasteiger partial charge in [-0.15, -0.1) is 0 Å². The van der Waals surface area contributed by atoms with Crippen LogP contribution in [0.5, 0.6) is 0 Å². The maximum Gasteiger partial charge on any atom is 0.137 e. The Morgan fingerprint density at radius 2 is 2.29 bits per heavy atom. The van der Waals surface area contributed by atoms with Crippen molar-refractivity contribution in [1.82, 2.24) is 4.90 Å². The number of hydrogen-bond donors (Lipinski definition) is 1. The second kappa shape index (κ2) is 5.52. The third-order valence-corrected chi connectivity index (χ3v) is 3.86. The predicted molar refractivity (Wildman–Crippen MR) is 69.8 cm³/mol. The molecule has 1 aliphatic heterocycles. The van der Waals surface area contributed by atoms with Crippen LogP contribution in [0.3, 0.4) is 0 Å². The first kappa shape index (κ1) is 13.1. The van der Waals surface area contributed by atoms with Crippen LogP contribution in [0, 0.1) is 0 Å². The first-order valence-corrected chi connectivity index (χ1v) is 6.73. The van der Waals surface area contributed by atoms with Gasteiger partial charge in [-0.05, 0) is 35.8 Å². The average molecular weight is 303 g/mol. The number of nitrogens with two attached hydrogens (primary N) is 1. The lowest BCUT2D eigenvalue weighted by atomic mass is 10.1. The summed E-state index contributed by atoms with van der Waals surface area (Å²) in [7, 11) is 0. The molecule has 0 aromatic carbocycles. The van der Waals surface area contributed by atoms with Crippen LogP contribution in [-0.4, -0.2) is 36.7 Å². The molecule has 2 rings (SSSR count). The second-order valence-corrected chi connectivity index (χ2v) is 5.51. The zero-order valence-corrected chi connectivity index (χ0v) is 11.8. The lowest BCUT2D eigenvalue weighted by Gasteiger charge is -2.37. The van der Waals surface area contributed by atoms with Crippen molar-refractivity contribution in [3.63, 3.8) is 0 Å². The zero-order valence-electron chi connectivity index (χ0n) is 10.2. The van der Waals surface area contributed by atoms with Gasteiger partial charge in [0.25, 0.3) is 0 Å². The minimum absolute atomic E-state index is 0.00593. The summed E-state index contributed by atoms with van der Waals surface area (Å²) >= 11 is 3.43. The highest BCUT2D eigenvalue weighted by Gasteiger charge is 2.30. The SMILES string of the molecule is CC(C)N1CCOC(C(N)c2occc2Br)C1. The fourth-order valence-corrected chi connectivity index (χ4v) is 2.56. The Labute approximate surface area is 110 Å². The summed E-state index contributed by atoms with van der Waals surface area (Å²) in [5.41, 5.74) is 6.20. The van der Waals surface area contributed by atoms with E-state index in [9.17, 15) is 0 Å². The smallest absolute Gasteiger partial charge is 0.137 e. The van der Waals surface area contributed by atoms with Gasteiger partial charge in [0.05, 0.1) is 29.5 Å². The molecule has 2 N–H and O–H groups in total. The summed E-state index contributed by atoms with van der Waals surface area (Å²) in [5.74, 6) is 0.764. The first-order chi connectivity index (χ1) is 8.09. The van der Waals surface area contributed by atoms with Crippen LogP contribution in [0.25, 0.3) is 0 Å². The van der Waals surface area contributed by atoms with E-state index < -0.39 is 0 Å². The molecular weight excluding hydrogens is 284 g/mol. The Balaban J connectivity index is 2.05. The molecule has 2 unspecified atom stereocenters. The summed E-state index contributed by atoms with van der Waals surface area (Å²) in [6, 6.07) is 2.16. The van der Waals surface area contributed by atoms with E-state index in [4.69, 9.17) is 14.9 Å². The molecule has 17 heavy (non-hydrogen) atoms. The Hall–Kier alpha value is -0.360. The van der Waals surface area contributed by atoms with Crippen LogP contribution in [0.1, 0.15) is 25.6 Å². The van der Waals surface area contributed by atoms with Gasteiger partial charge < -0.3 is 14.9 Å². The van der Waals surface area contributed by atoms with Gasteiger partial charge in [0.2, 0.25) is 0 Å². The molecule has 0 bridgehead atoms. The fraction of sp³-hybridized carbons (Fsp3) is 0.667. The normalized spacial score (nSPS) is 24.2. The molecule has 0 aliphatic carbocycles. The zero-order chi connectivity index (χ0) is 12.4. The van der Waals surface area contributed by atoms with Gasteiger partial charge >= 0.3 is 0 Å². The molecule has 2 atom stereocenters. The molecule has 0 amide bonds. The second-order valence-electron chi connectivity index (χ2n) is 4.66. The van der Waals surface area contributed by atoms with Crippen LogP contribution >= 0.6 is 15.9 Å². The molecule has 1 aromatic heterocycles. The fourth-order valence-electron chi connectivity index (χ4n) is 2.09. The minimum atomic E-state index is -0.221. The molecule has 2 heterocycles. The number of furan rings is 1. The van der Waals surface area contributed by atoms with Crippen LogP contribution in [0.4, 0.5) is 0 Å². The van der Waals surface area contributed by atoms with Gasteiger partial charge in [-0.25, -0.2) is 0 Å². The van der Waals surface area contributed by atoms with Crippen LogP contribution in [0.2, 0.25) is 0 Å². The molecule has 1 aliphatic rings. The van der Waals surface area contributed by atoms with Crippen molar-refractivity contribution in [1.29, 1.82) is 0 Å². The van der Waals surface area contributed by atoms with E-state index in [1.165, 1.54) is 0 Å². The van der Waals surface area contributed by atoms with E-state index in [2.05, 4.69) is 34.7 Å². The van der Waals surface area contributed by atoms with Gasteiger partial charge in [-0.1, -0.05) is 0 Å². The Morgan fingerprint density at radius 1 is 1.53 bits per heavy atom. The highest BCUT2D eigenvalue weighted by Crippen LogP contribution is 2.28. The topological polar surface area (TPSA) is 51.6 Å². The van der Waals surface area contributed by atoms with Crippen molar-refractivity contribution < 1.29 is 9.15 Å². The largest absolute Gasteiger partial charge is 0.466 e. The number of morpholine rings is 1. The summed E-state index contributed by atoms with van der Waals surface area (Å²) in [6.45, 7) is 6.94. The number of rotatable bonds is 3. The molecule has 1 fully saturated rings. The monoisotopic (exact) mass is 302 g/mol. The lowest BCUT2D eigenvalue weighted by Crippen LogP contribution is -2.49. The van der Waals surface area contributed by atoms with Gasteiger partial charge in [-0.3, -0.25) is 4.90 Å². The van der Waals surface area contributed by atoms with Gasteiger partial charge in [0.1, 0.15) is 5.76 Å². The third-order valence-electron chi connectivity index (χ3n) is 3.20. The molecule has 5 heteroatoms. The highest BCUT2D eigenvalue weighted by molar-refractivity contribution is 9.10. The van der Waals surface area contributed by atoms with Gasteiger partial charge in [0, 0.05) is 19.1 Å². The van der Waals surface area contributed by atoms with E-state index in [0.29, 0.717) is 6.04 Å². The molecular formula is C12H19BrN2O2. The maximum atomic E-state index is 6.20. The van der Waals surface area contributed by atoms with Crippen molar-refractivity contribution in [2.45, 2.75) is 32.0 Å². The van der Waals surface area contributed by atoms with Crippen LogP contribution < -0.4 is 5.73 Å². The van der Waals surface area contributed by atoms with Crippen molar-refractivity contribution in [3.05, 3.63) is 22.6 Å². The molecule has 1 aromatic rings. The van der Waals surface area contributed by atoms with Gasteiger partial charge in [0.15, 0.2) is 0 Å². The molecule has 96 valence electrons. The molecule has 1 saturated heterocycles. The van der Waals surface area contributed by atoms with Crippen LogP contribution in [0.15, 0.2) is 21.2 Å². The third kappa shape index (κ3) is 2.91. The number of halogens is 1. The van der Waals surface area contributed by atoms with Crippen molar-refractivity contribution >= 4 is 15.9 Å². The lowest BCUT2D eigenvalue weighted by molar-refractivity contribution is -0.0530. The Morgan fingerprint density at radius 3 is 2.88 bits per heavy atom. The molecule has 4 nitrogen and oxygen atoms in total. The van der Waals surface area contributed by atoms with E-state index in [-0.39, 0.29) is 12.1 Å². The Bertz CT molecular complexity index is 367. The number of nitrogens with zero attached hydrogens (tertiary/aromatic N) is 1. The summed E-state index contributed by atoms with van der Waals surface area (Å²) in [5, 5.41) is 0. The highest BCUT2D eigenvalue weighted by atomic mass is 79.9. The standard InChI is InChI=1S/C12H19BrN2O2/c1-8(2)15-4-6-16-10(7-15)11(14)12-9(13)3-5-17-12/h3,5,8,10-11H,4,6-7,14H2,1-2H3. The van der Waals surface area contributed by atoms with Gasteiger partial charge in [-0.2, -0.15) is 0 Å². The van der Waals surface area contributed by atoms with Crippen molar-refractivity contribution in [2.75, 3.05) is 19.7 Å². The summed E-state index contributed by atoms with van der Waals surface area (Å²) in [4.78, 5) is 2.38. The van der Waals surface area contributed by atoms with E-state index >= 15 is 0 Å². The number of ether oxygens (including phenoxy) is 1. The predicted octanol–water partition coefficient (Wildman–Crippen LogP) is 2.15. The quantitative estimate of drug-likeness (QED) is 0.929. The Kier molecular flexibility index (Phi) is 4.25.